The Bertz CT molecular complexity index is 823. The largest absolute Gasteiger partial charge is 0.435 e. The van der Waals surface area contributed by atoms with Crippen LogP contribution in [-0.4, -0.2) is 19.6 Å². The van der Waals surface area contributed by atoms with Crippen LogP contribution in [0.25, 0.3) is 6.08 Å². The van der Waals surface area contributed by atoms with Crippen molar-refractivity contribution >= 4 is 13.4 Å². The van der Waals surface area contributed by atoms with Crippen LogP contribution >= 0.6 is 0 Å². The molecule has 0 bridgehead atoms. The third kappa shape index (κ3) is 4.68. The Hall–Kier alpha value is -2.25. The average Bonchev–Trinajstić information content (AvgIpc) is 2.65. The van der Waals surface area contributed by atoms with Crippen LogP contribution in [0.2, 0.25) is 0 Å². The molecule has 0 fully saturated rings. The van der Waals surface area contributed by atoms with Crippen LogP contribution in [0.1, 0.15) is 47.7 Å². The summed E-state index contributed by atoms with van der Waals surface area (Å²) in [5.41, 5.74) is -4.91. The number of hydrogen-bond donors (Lipinski definition) is 0. The minimum atomic E-state index is -6.13. The molecule has 0 heterocycles. The van der Waals surface area contributed by atoms with E-state index in [0.29, 0.717) is 12.1 Å². The molecule has 0 spiro atoms. The first-order valence-electron chi connectivity index (χ1n) is 8.81. The van der Waals surface area contributed by atoms with Crippen LogP contribution in [-0.2, 0) is 5.67 Å². The maximum Gasteiger partial charge on any atom is 0.435 e. The number of halogens is 7. The molecule has 0 nitrogen and oxygen atoms in total. The van der Waals surface area contributed by atoms with E-state index in [1.54, 1.807) is 20.3 Å². The molecule has 0 N–H and O–H groups in total. The highest BCUT2D eigenvalue weighted by atomic mass is 19.4. The SMILES string of the molecule is C=Cc1ccc(C(C)[B]C(C)c2cccc(C(F)(C(F)(F)F)C(F)(F)F)c2)cc1. The highest BCUT2D eigenvalue weighted by molar-refractivity contribution is 6.39. The number of rotatable bonds is 6. The zero-order valence-electron chi connectivity index (χ0n) is 15.8. The maximum atomic E-state index is 14.3. The molecule has 0 saturated heterocycles. The van der Waals surface area contributed by atoms with Gasteiger partial charge in [-0.3, -0.25) is 0 Å². The fourth-order valence-electron chi connectivity index (χ4n) is 3.12. The molecule has 2 atom stereocenters. The van der Waals surface area contributed by atoms with Crippen molar-refractivity contribution in [1.29, 1.82) is 0 Å². The molecule has 8 heteroatoms. The van der Waals surface area contributed by atoms with Gasteiger partial charge < -0.3 is 0 Å². The Morgan fingerprint density at radius 1 is 0.793 bits per heavy atom. The van der Waals surface area contributed by atoms with Crippen LogP contribution in [0.15, 0.2) is 55.1 Å². The summed E-state index contributed by atoms with van der Waals surface area (Å²) in [6.07, 6.45) is -10.6. The molecule has 2 aromatic carbocycles. The zero-order valence-corrected chi connectivity index (χ0v) is 15.8. The van der Waals surface area contributed by atoms with Gasteiger partial charge in [0.05, 0.1) is 0 Å². The average molecular weight is 415 g/mol. The van der Waals surface area contributed by atoms with Gasteiger partial charge in [0.15, 0.2) is 0 Å². The van der Waals surface area contributed by atoms with Gasteiger partial charge in [0.1, 0.15) is 7.28 Å². The summed E-state index contributed by atoms with van der Waals surface area (Å²) in [6.45, 7) is 7.15. The predicted molar refractivity (Wildman–Crippen MR) is 100 cm³/mol. The first-order valence-corrected chi connectivity index (χ1v) is 8.81. The third-order valence-electron chi connectivity index (χ3n) is 4.87. The molecule has 1 radical (unpaired) electrons. The van der Waals surface area contributed by atoms with E-state index >= 15 is 0 Å². The standard InChI is InChI=1S/C21H19BF7/c1-4-15-8-10-16(11-9-15)13(2)22-14(3)17-6-5-7-18(12-17)19(23,20(24,25)26)21(27,28)29/h4-14H,1H2,2-3H3. The number of benzene rings is 2. The summed E-state index contributed by atoms with van der Waals surface area (Å²) in [4.78, 5) is 0. The Kier molecular flexibility index (Phi) is 6.55. The fourth-order valence-corrected chi connectivity index (χ4v) is 3.12. The van der Waals surface area contributed by atoms with E-state index in [2.05, 4.69) is 6.58 Å². The van der Waals surface area contributed by atoms with Crippen molar-refractivity contribution in [2.24, 2.45) is 0 Å². The molecule has 0 aliphatic rings. The van der Waals surface area contributed by atoms with Gasteiger partial charge in [-0.25, -0.2) is 4.39 Å². The predicted octanol–water partition coefficient (Wildman–Crippen LogP) is 7.15. The molecule has 0 amide bonds. The lowest BCUT2D eigenvalue weighted by molar-refractivity contribution is -0.348. The van der Waals surface area contributed by atoms with Gasteiger partial charge in [0.2, 0.25) is 0 Å². The van der Waals surface area contributed by atoms with E-state index in [1.165, 1.54) is 6.07 Å². The van der Waals surface area contributed by atoms with Gasteiger partial charge in [-0.15, -0.1) is 0 Å². The molecule has 0 aromatic heterocycles. The highest BCUT2D eigenvalue weighted by Crippen LogP contribution is 2.53. The van der Waals surface area contributed by atoms with Gasteiger partial charge in [-0.2, -0.15) is 26.3 Å². The Morgan fingerprint density at radius 3 is 1.79 bits per heavy atom. The van der Waals surface area contributed by atoms with Crippen molar-refractivity contribution in [1.82, 2.24) is 0 Å². The van der Waals surface area contributed by atoms with Crippen LogP contribution in [0.4, 0.5) is 30.7 Å². The minimum Gasteiger partial charge on any atom is -0.218 e. The molecule has 2 aromatic rings. The first kappa shape index (κ1) is 23.0. The van der Waals surface area contributed by atoms with Crippen molar-refractivity contribution in [2.75, 3.05) is 0 Å². The van der Waals surface area contributed by atoms with E-state index in [-0.39, 0.29) is 11.4 Å². The van der Waals surface area contributed by atoms with Crippen molar-refractivity contribution < 1.29 is 30.7 Å². The Balaban J connectivity index is 2.30. The van der Waals surface area contributed by atoms with Crippen LogP contribution in [0, 0.1) is 0 Å². The second kappa shape index (κ2) is 8.24. The quantitative estimate of drug-likeness (QED) is 0.347. The number of hydrogen-bond acceptors (Lipinski definition) is 0. The number of alkyl halides is 7. The molecule has 0 aliphatic heterocycles. The van der Waals surface area contributed by atoms with Gasteiger partial charge in [0.25, 0.3) is 0 Å². The molecular weight excluding hydrogens is 396 g/mol. The molecule has 0 aliphatic carbocycles. The van der Waals surface area contributed by atoms with Crippen molar-refractivity contribution in [3.8, 4) is 0 Å². The van der Waals surface area contributed by atoms with Gasteiger partial charge in [0, 0.05) is 5.56 Å². The molecule has 29 heavy (non-hydrogen) atoms. The summed E-state index contributed by atoms with van der Waals surface area (Å²) in [5.74, 6) is -0.636. The smallest absolute Gasteiger partial charge is 0.218 e. The van der Waals surface area contributed by atoms with E-state index in [4.69, 9.17) is 0 Å². The third-order valence-corrected chi connectivity index (χ3v) is 4.87. The van der Waals surface area contributed by atoms with E-state index in [9.17, 15) is 30.7 Å². The lowest BCUT2D eigenvalue weighted by Crippen LogP contribution is -2.50. The summed E-state index contributed by atoms with van der Waals surface area (Å²) >= 11 is 0. The molecule has 155 valence electrons. The van der Waals surface area contributed by atoms with Gasteiger partial charge in [-0.05, 0) is 17.2 Å². The van der Waals surface area contributed by atoms with Crippen molar-refractivity contribution in [3.63, 3.8) is 0 Å². The second-order valence-corrected chi connectivity index (χ2v) is 6.92. The molecule has 0 saturated carbocycles. The van der Waals surface area contributed by atoms with E-state index in [0.717, 1.165) is 17.2 Å². The minimum absolute atomic E-state index is 0.132. The zero-order chi connectivity index (χ0) is 22.0. The normalized spacial score (nSPS) is 14.9. The Labute approximate surface area is 165 Å². The van der Waals surface area contributed by atoms with E-state index in [1.807, 2.05) is 31.2 Å². The molecule has 2 unspecified atom stereocenters. The maximum absolute atomic E-state index is 14.3. The Morgan fingerprint density at radius 2 is 1.31 bits per heavy atom. The molecule has 2 rings (SSSR count). The second-order valence-electron chi connectivity index (χ2n) is 6.92. The van der Waals surface area contributed by atoms with Gasteiger partial charge >= 0.3 is 18.0 Å². The summed E-state index contributed by atoms with van der Waals surface area (Å²) < 4.78 is 92.3. The van der Waals surface area contributed by atoms with E-state index < -0.39 is 29.4 Å². The lowest BCUT2D eigenvalue weighted by atomic mass is 9.52. The lowest BCUT2D eigenvalue weighted by Gasteiger charge is -2.31. The summed E-state index contributed by atoms with van der Waals surface area (Å²) in [7, 11) is 1.78. The van der Waals surface area contributed by atoms with Crippen LogP contribution in [0.5, 0.6) is 0 Å². The van der Waals surface area contributed by atoms with Crippen molar-refractivity contribution in [3.05, 3.63) is 77.4 Å². The van der Waals surface area contributed by atoms with Crippen LogP contribution in [0.3, 0.4) is 0 Å². The highest BCUT2D eigenvalue weighted by Gasteiger charge is 2.73. The van der Waals surface area contributed by atoms with Crippen molar-refractivity contribution in [2.45, 2.75) is 43.5 Å². The summed E-state index contributed by atoms with van der Waals surface area (Å²) in [6, 6.07) is 11.0. The monoisotopic (exact) mass is 415 g/mol. The van der Waals surface area contributed by atoms with Crippen LogP contribution < -0.4 is 0 Å². The topological polar surface area (TPSA) is 0 Å². The fraction of sp³-hybridized carbons (Fsp3) is 0.333. The molecular formula is C21H19BF7. The van der Waals surface area contributed by atoms with Gasteiger partial charge in [-0.1, -0.05) is 86.2 Å². The first-order chi connectivity index (χ1) is 13.3. The summed E-state index contributed by atoms with van der Waals surface area (Å²) in [5, 5.41) is 0.